The summed E-state index contributed by atoms with van der Waals surface area (Å²) in [5.74, 6) is 0.962. The minimum absolute atomic E-state index is 0.251. The van der Waals surface area contributed by atoms with E-state index in [1.807, 2.05) is 21.2 Å². The first-order valence-corrected chi connectivity index (χ1v) is 8.84. The van der Waals surface area contributed by atoms with Gasteiger partial charge in [0.05, 0.1) is 4.88 Å². The summed E-state index contributed by atoms with van der Waals surface area (Å²) in [7, 11) is 0. The highest BCUT2D eigenvalue weighted by molar-refractivity contribution is 7.09. The Morgan fingerprint density at radius 3 is 2.64 bits per heavy atom. The number of thiazole rings is 1. The van der Waals surface area contributed by atoms with Crippen molar-refractivity contribution in [2.24, 2.45) is 5.92 Å². The maximum absolute atomic E-state index is 12.4. The van der Waals surface area contributed by atoms with Crippen molar-refractivity contribution in [2.45, 2.75) is 32.7 Å². The summed E-state index contributed by atoms with van der Waals surface area (Å²) < 4.78 is 2.00. The molecule has 0 bridgehead atoms. The molecule has 1 aromatic heterocycles. The zero-order valence-corrected chi connectivity index (χ0v) is 13.9. The molecule has 0 saturated carbocycles. The van der Waals surface area contributed by atoms with Crippen molar-refractivity contribution in [3.05, 3.63) is 52.5 Å². The molecule has 0 unspecified atom stereocenters. The predicted molar refractivity (Wildman–Crippen MR) is 88.7 cm³/mol. The first kappa shape index (κ1) is 15.2. The Morgan fingerprint density at radius 2 is 2.00 bits per heavy atom. The number of benzene rings is 1. The van der Waals surface area contributed by atoms with Crippen molar-refractivity contribution >= 4 is 17.2 Å². The molecule has 116 valence electrons. The van der Waals surface area contributed by atoms with Gasteiger partial charge < -0.3 is 4.90 Å². The largest absolute Gasteiger partial charge is 0.337 e. The molecule has 1 aromatic carbocycles. The van der Waals surface area contributed by atoms with Crippen LogP contribution in [0.5, 0.6) is 0 Å². The first-order valence-electron chi connectivity index (χ1n) is 7.96. The lowest BCUT2D eigenvalue weighted by molar-refractivity contribution is -0.680. The smallest absolute Gasteiger partial charge is 0.288 e. The molecule has 0 radical (unpaired) electrons. The van der Waals surface area contributed by atoms with Crippen LogP contribution >= 0.6 is 11.3 Å². The van der Waals surface area contributed by atoms with Gasteiger partial charge in [-0.25, -0.2) is 0 Å². The summed E-state index contributed by atoms with van der Waals surface area (Å²) in [6, 6.07) is 10.7. The molecule has 1 amide bonds. The number of piperidine rings is 1. The lowest BCUT2D eigenvalue weighted by atomic mass is 9.90. The highest BCUT2D eigenvalue weighted by Crippen LogP contribution is 2.21. The van der Waals surface area contributed by atoms with Crippen LogP contribution in [-0.4, -0.2) is 23.9 Å². The number of likely N-dealkylation sites (tertiary alicyclic amines) is 1. The van der Waals surface area contributed by atoms with E-state index in [0.717, 1.165) is 32.4 Å². The number of aromatic nitrogens is 1. The summed E-state index contributed by atoms with van der Waals surface area (Å²) in [5, 5.41) is 0. The summed E-state index contributed by atoms with van der Waals surface area (Å²) in [5.41, 5.74) is 3.44. The second-order valence-corrected chi connectivity index (χ2v) is 7.24. The van der Waals surface area contributed by atoms with Gasteiger partial charge >= 0.3 is 0 Å². The fourth-order valence-corrected chi connectivity index (χ4v) is 3.75. The van der Waals surface area contributed by atoms with E-state index in [1.165, 1.54) is 10.4 Å². The van der Waals surface area contributed by atoms with Crippen molar-refractivity contribution < 1.29 is 9.36 Å². The van der Waals surface area contributed by atoms with Gasteiger partial charge in [0, 0.05) is 13.1 Å². The van der Waals surface area contributed by atoms with E-state index in [2.05, 4.69) is 37.3 Å². The predicted octanol–water partition coefficient (Wildman–Crippen LogP) is 2.83. The Balaban J connectivity index is 1.48. The third-order valence-electron chi connectivity index (χ3n) is 4.37. The van der Waals surface area contributed by atoms with Gasteiger partial charge in [-0.3, -0.25) is 4.79 Å². The molecule has 3 nitrogen and oxygen atoms in total. The molecule has 0 N–H and O–H groups in total. The normalized spacial score (nSPS) is 16.0. The SMILES string of the molecule is Cc1c[n+](CC(=O)N2CCC(Cc3ccccc3)CC2)cs1. The van der Waals surface area contributed by atoms with E-state index in [-0.39, 0.29) is 5.91 Å². The van der Waals surface area contributed by atoms with Gasteiger partial charge in [-0.2, -0.15) is 4.57 Å². The second-order valence-electron chi connectivity index (χ2n) is 6.15. The van der Waals surface area contributed by atoms with Crippen molar-refractivity contribution in [2.75, 3.05) is 13.1 Å². The first-order chi connectivity index (χ1) is 10.7. The quantitative estimate of drug-likeness (QED) is 0.796. The number of hydrogen-bond acceptors (Lipinski definition) is 2. The van der Waals surface area contributed by atoms with Crippen molar-refractivity contribution in [1.29, 1.82) is 0 Å². The zero-order chi connectivity index (χ0) is 15.4. The molecule has 1 fully saturated rings. The summed E-state index contributed by atoms with van der Waals surface area (Å²) in [6.45, 7) is 4.36. The topological polar surface area (TPSA) is 24.2 Å². The Morgan fingerprint density at radius 1 is 1.27 bits per heavy atom. The molecule has 1 saturated heterocycles. The van der Waals surface area contributed by atoms with Crippen LogP contribution < -0.4 is 4.57 Å². The van der Waals surface area contributed by atoms with Crippen LogP contribution in [0.3, 0.4) is 0 Å². The highest BCUT2D eigenvalue weighted by atomic mass is 32.1. The molecule has 3 rings (SSSR count). The second kappa shape index (κ2) is 7.05. The maximum atomic E-state index is 12.4. The Labute approximate surface area is 136 Å². The van der Waals surface area contributed by atoms with Crippen LogP contribution in [0.2, 0.25) is 0 Å². The van der Waals surface area contributed by atoms with Crippen LogP contribution in [0.15, 0.2) is 42.0 Å². The molecule has 1 aliphatic rings. The fourth-order valence-electron chi connectivity index (χ4n) is 3.12. The number of carbonyl (C=O) groups excluding carboxylic acids is 1. The molecule has 4 heteroatoms. The van der Waals surface area contributed by atoms with E-state index in [4.69, 9.17) is 0 Å². The van der Waals surface area contributed by atoms with Crippen LogP contribution in [-0.2, 0) is 17.8 Å². The van der Waals surface area contributed by atoms with Gasteiger partial charge in [-0.1, -0.05) is 41.7 Å². The third kappa shape index (κ3) is 3.95. The Hall–Kier alpha value is -1.68. The number of rotatable bonds is 4. The summed E-state index contributed by atoms with van der Waals surface area (Å²) in [4.78, 5) is 15.6. The summed E-state index contributed by atoms with van der Waals surface area (Å²) in [6.07, 6.45) is 5.42. The van der Waals surface area contributed by atoms with E-state index in [1.54, 1.807) is 11.3 Å². The van der Waals surface area contributed by atoms with Gasteiger partial charge in [-0.15, -0.1) is 0 Å². The average Bonchev–Trinajstić information content (AvgIpc) is 2.94. The van der Waals surface area contributed by atoms with Gasteiger partial charge in [0.1, 0.15) is 0 Å². The highest BCUT2D eigenvalue weighted by Gasteiger charge is 2.25. The standard InChI is InChI=1S/C18H23N2OS/c1-15-12-19(14-22-15)13-18(21)20-9-7-17(8-10-20)11-16-5-3-2-4-6-16/h2-6,12,14,17H,7-11,13H2,1H3/q+1. The molecular weight excluding hydrogens is 292 g/mol. The Bertz CT molecular complexity index is 615. The van der Waals surface area contributed by atoms with E-state index < -0.39 is 0 Å². The van der Waals surface area contributed by atoms with Gasteiger partial charge in [0.15, 0.2) is 6.20 Å². The van der Waals surface area contributed by atoms with Crippen molar-refractivity contribution in [3.8, 4) is 0 Å². The number of amides is 1. The molecule has 22 heavy (non-hydrogen) atoms. The molecule has 0 atom stereocenters. The molecule has 2 aromatic rings. The van der Waals surface area contributed by atoms with Crippen LogP contribution in [0.4, 0.5) is 0 Å². The monoisotopic (exact) mass is 315 g/mol. The van der Waals surface area contributed by atoms with Crippen LogP contribution in [0, 0.1) is 12.8 Å². The minimum atomic E-state index is 0.251. The Kier molecular flexibility index (Phi) is 4.88. The fraction of sp³-hybridized carbons (Fsp3) is 0.444. The number of nitrogens with zero attached hydrogens (tertiary/aromatic N) is 2. The van der Waals surface area contributed by atoms with Gasteiger partial charge in [0.25, 0.3) is 5.91 Å². The van der Waals surface area contributed by atoms with Gasteiger partial charge in [-0.05, 0) is 37.7 Å². The average molecular weight is 315 g/mol. The van der Waals surface area contributed by atoms with Crippen molar-refractivity contribution in [1.82, 2.24) is 4.90 Å². The molecule has 0 aliphatic carbocycles. The van der Waals surface area contributed by atoms with E-state index in [0.29, 0.717) is 12.5 Å². The van der Waals surface area contributed by atoms with Crippen LogP contribution in [0.25, 0.3) is 0 Å². The maximum Gasteiger partial charge on any atom is 0.288 e. The number of carbonyl (C=O) groups is 1. The van der Waals surface area contributed by atoms with E-state index in [9.17, 15) is 4.79 Å². The van der Waals surface area contributed by atoms with Gasteiger partial charge in [0.2, 0.25) is 12.1 Å². The zero-order valence-electron chi connectivity index (χ0n) is 13.1. The van der Waals surface area contributed by atoms with E-state index >= 15 is 0 Å². The van der Waals surface area contributed by atoms with Crippen molar-refractivity contribution in [3.63, 3.8) is 0 Å². The molecular formula is C18H23N2OS+. The lowest BCUT2D eigenvalue weighted by Gasteiger charge is -2.31. The lowest BCUT2D eigenvalue weighted by Crippen LogP contribution is -2.46. The number of hydrogen-bond donors (Lipinski definition) is 0. The third-order valence-corrected chi connectivity index (χ3v) is 5.23. The molecule has 0 spiro atoms. The summed E-state index contributed by atoms with van der Waals surface area (Å²) >= 11 is 1.69. The van der Waals surface area contributed by atoms with Crippen LogP contribution in [0.1, 0.15) is 23.3 Å². The molecule has 1 aliphatic heterocycles. The number of aryl methyl sites for hydroxylation is 1. The minimum Gasteiger partial charge on any atom is -0.337 e. The molecule has 2 heterocycles.